The Labute approximate surface area is 181 Å². The Morgan fingerprint density at radius 2 is 1.85 bits per heavy atom. The molecular weight excluding hydrogens is 455 g/mol. The molecule has 2 N–H and O–H groups in total. The molecule has 7 heteroatoms. The second-order valence-corrected chi connectivity index (χ2v) is 6.51. The van der Waals surface area contributed by atoms with Gasteiger partial charge in [0.1, 0.15) is 0 Å². The van der Waals surface area contributed by atoms with Crippen molar-refractivity contribution < 1.29 is 9.47 Å². The van der Waals surface area contributed by atoms with Crippen LogP contribution in [-0.4, -0.2) is 71.0 Å². The first kappa shape index (κ1) is 24.1. The van der Waals surface area contributed by atoms with Crippen molar-refractivity contribution in [2.45, 2.75) is 25.3 Å². The molecular formula is C20H35IN4O2. The number of nitrogens with one attached hydrogen (secondary N) is 2. The minimum Gasteiger partial charge on any atom is -0.382 e. The molecule has 0 radical (unpaired) electrons. The number of hydrogen-bond donors (Lipinski definition) is 2. The van der Waals surface area contributed by atoms with Crippen molar-refractivity contribution in [3.63, 3.8) is 0 Å². The van der Waals surface area contributed by atoms with Crippen LogP contribution in [0.3, 0.4) is 0 Å². The van der Waals surface area contributed by atoms with Crippen molar-refractivity contribution in [3.05, 3.63) is 35.9 Å². The van der Waals surface area contributed by atoms with Crippen LogP contribution >= 0.6 is 24.0 Å². The Hall–Kier alpha value is -0.900. The second kappa shape index (κ2) is 15.1. The van der Waals surface area contributed by atoms with E-state index in [0.717, 1.165) is 32.1 Å². The van der Waals surface area contributed by atoms with E-state index in [0.29, 0.717) is 19.3 Å². The molecule has 0 saturated carbocycles. The summed E-state index contributed by atoms with van der Waals surface area (Å²) in [5.74, 6) is 0.849. The molecule has 6 nitrogen and oxygen atoms in total. The third-order valence-electron chi connectivity index (χ3n) is 4.64. The molecule has 1 aromatic carbocycles. The summed E-state index contributed by atoms with van der Waals surface area (Å²) in [7, 11) is 3.50. The maximum absolute atomic E-state index is 5.48. The predicted octanol–water partition coefficient (Wildman–Crippen LogP) is 2.66. The maximum Gasteiger partial charge on any atom is 0.191 e. The van der Waals surface area contributed by atoms with E-state index in [2.05, 4.69) is 50.9 Å². The zero-order chi connectivity index (χ0) is 18.5. The standard InChI is InChI=1S/C20H34N4O2.HI/c1-21-20(22-11-8-14-26-16-15-25-2)23-17-19(24-12-6-7-13-24)18-9-4-3-5-10-18;/h3-5,9-10,19H,6-8,11-17H2,1-2H3,(H2,21,22,23);1H. The lowest BCUT2D eigenvalue weighted by Crippen LogP contribution is -2.43. The SMILES string of the molecule is CN=C(NCCCOCCOC)NCC(c1ccccc1)N1CCCC1.I. The van der Waals surface area contributed by atoms with Crippen LogP contribution in [0, 0.1) is 0 Å². The fourth-order valence-electron chi connectivity index (χ4n) is 3.23. The average Bonchev–Trinajstić information content (AvgIpc) is 3.21. The number of hydrogen-bond acceptors (Lipinski definition) is 4. The van der Waals surface area contributed by atoms with Crippen LogP contribution < -0.4 is 10.6 Å². The van der Waals surface area contributed by atoms with Gasteiger partial charge in [-0.1, -0.05) is 30.3 Å². The van der Waals surface area contributed by atoms with Crippen LogP contribution in [-0.2, 0) is 9.47 Å². The van der Waals surface area contributed by atoms with Crippen LogP contribution in [0.1, 0.15) is 30.9 Å². The molecule has 1 saturated heterocycles. The lowest BCUT2D eigenvalue weighted by atomic mass is 10.1. The first-order chi connectivity index (χ1) is 12.8. The van der Waals surface area contributed by atoms with E-state index >= 15 is 0 Å². The smallest absolute Gasteiger partial charge is 0.191 e. The number of methoxy groups -OCH3 is 1. The van der Waals surface area contributed by atoms with E-state index in [1.165, 1.54) is 31.5 Å². The molecule has 1 aromatic rings. The Morgan fingerprint density at radius 1 is 1.11 bits per heavy atom. The van der Waals surface area contributed by atoms with Gasteiger partial charge in [-0.2, -0.15) is 0 Å². The molecule has 0 aliphatic carbocycles. The van der Waals surface area contributed by atoms with Gasteiger partial charge in [-0.15, -0.1) is 24.0 Å². The first-order valence-corrected chi connectivity index (χ1v) is 9.65. The van der Waals surface area contributed by atoms with Crippen LogP contribution in [0.2, 0.25) is 0 Å². The molecule has 1 heterocycles. The Morgan fingerprint density at radius 3 is 2.52 bits per heavy atom. The van der Waals surface area contributed by atoms with Gasteiger partial charge in [0.05, 0.1) is 19.3 Å². The highest BCUT2D eigenvalue weighted by Crippen LogP contribution is 2.24. The van der Waals surface area contributed by atoms with Gasteiger partial charge >= 0.3 is 0 Å². The van der Waals surface area contributed by atoms with Crippen LogP contribution in [0.4, 0.5) is 0 Å². The predicted molar refractivity (Wildman–Crippen MR) is 122 cm³/mol. The Kier molecular flexibility index (Phi) is 13.5. The van der Waals surface area contributed by atoms with E-state index in [9.17, 15) is 0 Å². The monoisotopic (exact) mass is 490 g/mol. The van der Waals surface area contributed by atoms with E-state index < -0.39 is 0 Å². The van der Waals surface area contributed by atoms with Crippen molar-refractivity contribution in [1.29, 1.82) is 0 Å². The maximum atomic E-state index is 5.48. The van der Waals surface area contributed by atoms with Crippen molar-refractivity contribution in [1.82, 2.24) is 15.5 Å². The summed E-state index contributed by atoms with van der Waals surface area (Å²) in [5, 5.41) is 6.86. The molecule has 1 fully saturated rings. The molecule has 27 heavy (non-hydrogen) atoms. The number of benzene rings is 1. The molecule has 0 bridgehead atoms. The first-order valence-electron chi connectivity index (χ1n) is 9.65. The summed E-state index contributed by atoms with van der Waals surface area (Å²) in [6, 6.07) is 11.1. The Bertz CT molecular complexity index is 510. The minimum absolute atomic E-state index is 0. The van der Waals surface area contributed by atoms with Crippen molar-refractivity contribution in [2.75, 3.05) is 60.2 Å². The van der Waals surface area contributed by atoms with E-state index in [1.54, 1.807) is 7.11 Å². The topological polar surface area (TPSA) is 58.1 Å². The third-order valence-corrected chi connectivity index (χ3v) is 4.64. The fraction of sp³-hybridized carbons (Fsp3) is 0.650. The average molecular weight is 490 g/mol. The quantitative estimate of drug-likeness (QED) is 0.216. The third kappa shape index (κ3) is 9.23. The van der Waals surface area contributed by atoms with Gasteiger partial charge in [0.15, 0.2) is 5.96 Å². The molecule has 2 rings (SSSR count). The minimum atomic E-state index is 0. The summed E-state index contributed by atoms with van der Waals surface area (Å²) >= 11 is 0. The lowest BCUT2D eigenvalue weighted by molar-refractivity contribution is 0.0698. The zero-order valence-electron chi connectivity index (χ0n) is 16.7. The van der Waals surface area contributed by atoms with E-state index in [4.69, 9.17) is 9.47 Å². The summed E-state index contributed by atoms with van der Waals surface area (Å²) in [5.41, 5.74) is 1.36. The summed E-state index contributed by atoms with van der Waals surface area (Å²) in [4.78, 5) is 6.91. The van der Waals surface area contributed by atoms with Crippen molar-refractivity contribution in [2.24, 2.45) is 4.99 Å². The number of rotatable bonds is 11. The van der Waals surface area contributed by atoms with Gasteiger partial charge in [0.25, 0.3) is 0 Å². The molecule has 1 atom stereocenters. The summed E-state index contributed by atoms with van der Waals surface area (Å²) in [6.07, 6.45) is 3.53. The van der Waals surface area contributed by atoms with Gasteiger partial charge in [0, 0.05) is 33.9 Å². The van der Waals surface area contributed by atoms with Crippen LogP contribution in [0.25, 0.3) is 0 Å². The highest BCUT2D eigenvalue weighted by molar-refractivity contribution is 14.0. The Balaban J connectivity index is 0.00000364. The van der Waals surface area contributed by atoms with Gasteiger partial charge in [-0.25, -0.2) is 0 Å². The molecule has 1 aliphatic heterocycles. The normalized spacial score (nSPS) is 16.0. The number of guanidine groups is 1. The highest BCUT2D eigenvalue weighted by Gasteiger charge is 2.23. The van der Waals surface area contributed by atoms with Gasteiger partial charge < -0.3 is 20.1 Å². The lowest BCUT2D eigenvalue weighted by Gasteiger charge is -2.29. The van der Waals surface area contributed by atoms with Crippen LogP contribution in [0.15, 0.2) is 35.3 Å². The summed E-state index contributed by atoms with van der Waals surface area (Å²) < 4.78 is 10.4. The van der Waals surface area contributed by atoms with E-state index in [1.807, 2.05) is 7.05 Å². The largest absolute Gasteiger partial charge is 0.382 e. The number of ether oxygens (including phenoxy) is 2. The highest BCUT2D eigenvalue weighted by atomic mass is 127. The molecule has 1 unspecified atom stereocenters. The molecule has 0 amide bonds. The van der Waals surface area contributed by atoms with Gasteiger partial charge in [0.2, 0.25) is 0 Å². The van der Waals surface area contributed by atoms with E-state index in [-0.39, 0.29) is 24.0 Å². The number of likely N-dealkylation sites (tertiary alicyclic amines) is 1. The molecule has 0 spiro atoms. The zero-order valence-corrected chi connectivity index (χ0v) is 19.0. The molecule has 1 aliphatic rings. The second-order valence-electron chi connectivity index (χ2n) is 6.51. The van der Waals surface area contributed by atoms with Crippen molar-refractivity contribution >= 4 is 29.9 Å². The van der Waals surface area contributed by atoms with Crippen LogP contribution in [0.5, 0.6) is 0 Å². The fourth-order valence-corrected chi connectivity index (χ4v) is 3.23. The number of nitrogens with zero attached hydrogens (tertiary/aromatic N) is 2. The summed E-state index contributed by atoms with van der Waals surface area (Å²) in [6.45, 7) is 6.07. The molecule has 154 valence electrons. The van der Waals surface area contributed by atoms with Gasteiger partial charge in [-0.05, 0) is 37.9 Å². The number of aliphatic imine (C=N–C) groups is 1. The number of halogens is 1. The molecule has 0 aromatic heterocycles. The van der Waals surface area contributed by atoms with Gasteiger partial charge in [-0.3, -0.25) is 9.89 Å². The van der Waals surface area contributed by atoms with Crippen molar-refractivity contribution in [3.8, 4) is 0 Å².